The van der Waals surface area contributed by atoms with Crippen LogP contribution >= 0.6 is 11.8 Å². The highest BCUT2D eigenvalue weighted by atomic mass is 32.2. The Bertz CT molecular complexity index is 936. The second kappa shape index (κ2) is 9.64. The Hall–Kier alpha value is -2.35. The molecule has 0 amide bonds. The molecule has 0 bridgehead atoms. The number of rotatable bonds is 9. The van der Waals surface area contributed by atoms with Gasteiger partial charge in [-0.15, -0.1) is 11.8 Å². The van der Waals surface area contributed by atoms with Crippen LogP contribution in [0.15, 0.2) is 72.1 Å². The molecule has 4 rings (SSSR count). The predicted molar refractivity (Wildman–Crippen MR) is 114 cm³/mol. The van der Waals surface area contributed by atoms with Crippen LogP contribution in [0.25, 0.3) is 0 Å². The molecule has 2 unspecified atom stereocenters. The lowest BCUT2D eigenvalue weighted by Crippen LogP contribution is -2.37. The molecule has 0 spiro atoms. The summed E-state index contributed by atoms with van der Waals surface area (Å²) in [6.45, 7) is 1.09. The van der Waals surface area contributed by atoms with Gasteiger partial charge >= 0.3 is 0 Å². The van der Waals surface area contributed by atoms with E-state index in [1.54, 1.807) is 31.4 Å². The summed E-state index contributed by atoms with van der Waals surface area (Å²) in [5, 5.41) is 0. The van der Waals surface area contributed by atoms with Crippen LogP contribution in [0.3, 0.4) is 0 Å². The summed E-state index contributed by atoms with van der Waals surface area (Å²) < 4.78 is 33.3. The van der Waals surface area contributed by atoms with Crippen molar-refractivity contribution in [2.75, 3.05) is 19.5 Å². The van der Waals surface area contributed by atoms with Gasteiger partial charge in [-0.2, -0.15) is 0 Å². The van der Waals surface area contributed by atoms with E-state index >= 15 is 0 Å². The topological polar surface area (TPSA) is 45.5 Å². The Kier molecular flexibility index (Phi) is 6.72. The second-order valence-corrected chi connectivity index (χ2v) is 8.35. The van der Waals surface area contributed by atoms with Crippen LogP contribution in [0.2, 0.25) is 0 Å². The number of nitrogens with zero attached hydrogens (tertiary/aromatic N) is 2. The van der Waals surface area contributed by atoms with E-state index in [2.05, 4.69) is 4.98 Å². The van der Waals surface area contributed by atoms with Crippen molar-refractivity contribution in [2.45, 2.75) is 36.2 Å². The minimum atomic E-state index is -0.735. The summed E-state index contributed by atoms with van der Waals surface area (Å²) in [5.74, 6) is 0.667. The van der Waals surface area contributed by atoms with Gasteiger partial charge in [0, 0.05) is 29.5 Å². The Morgan fingerprint density at radius 1 is 1.23 bits per heavy atom. The molecule has 5 nitrogen and oxygen atoms in total. The number of hydrogen-bond donors (Lipinski definition) is 0. The SMILES string of the molecule is COc1ccccc1SCC1COC(CCc2ccc(F)cc2)(Cn2ccnc2)O1. The molecule has 0 aliphatic carbocycles. The van der Waals surface area contributed by atoms with Crippen molar-refractivity contribution in [1.82, 2.24) is 9.55 Å². The van der Waals surface area contributed by atoms with E-state index in [9.17, 15) is 4.39 Å². The molecule has 0 N–H and O–H groups in total. The summed E-state index contributed by atoms with van der Waals surface area (Å²) in [6.07, 6.45) is 6.80. The second-order valence-electron chi connectivity index (χ2n) is 7.28. The fraction of sp³-hybridized carbons (Fsp3) is 0.348. The maximum atomic E-state index is 13.2. The number of halogens is 1. The first-order chi connectivity index (χ1) is 14.7. The van der Waals surface area contributed by atoms with Crippen LogP contribution < -0.4 is 4.74 Å². The van der Waals surface area contributed by atoms with E-state index in [0.29, 0.717) is 19.6 Å². The van der Waals surface area contributed by atoms with Gasteiger partial charge in [0.1, 0.15) is 11.6 Å². The average molecular weight is 429 g/mol. The fourth-order valence-corrected chi connectivity index (χ4v) is 4.56. The van der Waals surface area contributed by atoms with Gasteiger partial charge in [-0.05, 0) is 36.2 Å². The molecule has 0 radical (unpaired) electrons. The lowest BCUT2D eigenvalue weighted by Gasteiger charge is -2.28. The number of hydrogen-bond acceptors (Lipinski definition) is 5. The zero-order valence-electron chi connectivity index (χ0n) is 16.9. The van der Waals surface area contributed by atoms with Crippen LogP contribution in [0, 0.1) is 5.82 Å². The molecule has 2 atom stereocenters. The Morgan fingerprint density at radius 3 is 2.83 bits per heavy atom. The molecule has 1 aliphatic rings. The molecular formula is C23H25FN2O3S. The molecule has 3 aromatic rings. The Morgan fingerprint density at radius 2 is 2.07 bits per heavy atom. The van der Waals surface area contributed by atoms with Crippen molar-refractivity contribution in [1.29, 1.82) is 0 Å². The molecule has 30 heavy (non-hydrogen) atoms. The van der Waals surface area contributed by atoms with Crippen molar-refractivity contribution in [3.63, 3.8) is 0 Å². The number of para-hydroxylation sites is 1. The first-order valence-electron chi connectivity index (χ1n) is 9.94. The Labute approximate surface area is 180 Å². The van der Waals surface area contributed by atoms with E-state index in [0.717, 1.165) is 28.4 Å². The minimum Gasteiger partial charge on any atom is -0.496 e. The summed E-state index contributed by atoms with van der Waals surface area (Å²) in [4.78, 5) is 5.21. The van der Waals surface area contributed by atoms with Crippen molar-refractivity contribution in [2.24, 2.45) is 0 Å². The fourth-order valence-electron chi connectivity index (χ4n) is 3.56. The van der Waals surface area contributed by atoms with E-state index in [1.165, 1.54) is 12.1 Å². The van der Waals surface area contributed by atoms with Crippen molar-refractivity contribution in [3.8, 4) is 5.75 Å². The third kappa shape index (κ3) is 5.22. The molecule has 1 fully saturated rings. The van der Waals surface area contributed by atoms with Crippen LogP contribution in [0.1, 0.15) is 12.0 Å². The van der Waals surface area contributed by atoms with Crippen LogP contribution in [0.5, 0.6) is 5.75 Å². The summed E-state index contributed by atoms with van der Waals surface area (Å²) in [5.41, 5.74) is 1.06. The molecular weight excluding hydrogens is 403 g/mol. The number of methoxy groups -OCH3 is 1. The maximum Gasteiger partial charge on any atom is 0.187 e. The van der Waals surface area contributed by atoms with Crippen LogP contribution in [0.4, 0.5) is 4.39 Å². The third-order valence-electron chi connectivity index (χ3n) is 5.10. The molecule has 158 valence electrons. The van der Waals surface area contributed by atoms with Gasteiger partial charge < -0.3 is 18.8 Å². The van der Waals surface area contributed by atoms with E-state index in [4.69, 9.17) is 14.2 Å². The first kappa shape index (κ1) is 20.9. The summed E-state index contributed by atoms with van der Waals surface area (Å²) >= 11 is 1.70. The number of aryl methyl sites for hydroxylation is 1. The summed E-state index contributed by atoms with van der Waals surface area (Å²) in [7, 11) is 1.68. The number of imidazole rings is 1. The van der Waals surface area contributed by atoms with E-state index in [1.807, 2.05) is 47.2 Å². The molecule has 1 aliphatic heterocycles. The number of thioether (sulfide) groups is 1. The standard InChI is InChI=1S/C23H25FN2O3S/c1-27-21-4-2-3-5-22(21)30-15-20-14-28-23(29-20,16-26-13-12-25-17-26)11-10-18-6-8-19(24)9-7-18/h2-9,12-13,17,20H,10-11,14-16H2,1H3. The normalized spacial score (nSPS) is 21.1. The van der Waals surface area contributed by atoms with Gasteiger partial charge in [-0.3, -0.25) is 0 Å². The molecule has 2 heterocycles. The van der Waals surface area contributed by atoms with Gasteiger partial charge in [-0.25, -0.2) is 9.37 Å². The number of benzene rings is 2. The lowest BCUT2D eigenvalue weighted by atomic mass is 10.0. The average Bonchev–Trinajstić information content (AvgIpc) is 3.43. The Balaban J connectivity index is 1.41. The van der Waals surface area contributed by atoms with Gasteiger partial charge in [0.15, 0.2) is 5.79 Å². The highest BCUT2D eigenvalue weighted by molar-refractivity contribution is 7.99. The lowest BCUT2D eigenvalue weighted by molar-refractivity contribution is -0.180. The van der Waals surface area contributed by atoms with Gasteiger partial charge in [-0.1, -0.05) is 24.3 Å². The zero-order chi connectivity index (χ0) is 20.8. The third-order valence-corrected chi connectivity index (χ3v) is 6.28. The molecule has 0 saturated carbocycles. The number of ether oxygens (including phenoxy) is 3. The van der Waals surface area contributed by atoms with Crippen molar-refractivity contribution < 1.29 is 18.6 Å². The van der Waals surface area contributed by atoms with Crippen LogP contribution in [-0.2, 0) is 22.4 Å². The maximum absolute atomic E-state index is 13.2. The van der Waals surface area contributed by atoms with E-state index < -0.39 is 5.79 Å². The molecule has 7 heteroatoms. The largest absolute Gasteiger partial charge is 0.496 e. The zero-order valence-corrected chi connectivity index (χ0v) is 17.7. The molecule has 1 saturated heterocycles. The smallest absolute Gasteiger partial charge is 0.187 e. The predicted octanol–water partition coefficient (Wildman–Crippen LogP) is 4.57. The minimum absolute atomic E-state index is 0.0309. The van der Waals surface area contributed by atoms with Crippen LogP contribution in [-0.4, -0.2) is 40.9 Å². The quantitative estimate of drug-likeness (QED) is 0.467. The molecule has 1 aromatic heterocycles. The van der Waals surface area contributed by atoms with Gasteiger partial charge in [0.25, 0.3) is 0 Å². The van der Waals surface area contributed by atoms with Gasteiger partial charge in [0.2, 0.25) is 0 Å². The molecule has 2 aromatic carbocycles. The monoisotopic (exact) mass is 428 g/mol. The van der Waals surface area contributed by atoms with Gasteiger partial charge in [0.05, 0.1) is 32.7 Å². The highest BCUT2D eigenvalue weighted by Crippen LogP contribution is 2.35. The van der Waals surface area contributed by atoms with Crippen molar-refractivity contribution >= 4 is 11.8 Å². The summed E-state index contributed by atoms with van der Waals surface area (Å²) in [6, 6.07) is 14.6. The van der Waals surface area contributed by atoms with E-state index in [-0.39, 0.29) is 11.9 Å². The van der Waals surface area contributed by atoms with Crippen molar-refractivity contribution in [3.05, 3.63) is 78.6 Å². The highest BCUT2D eigenvalue weighted by Gasteiger charge is 2.41. The first-order valence-corrected chi connectivity index (χ1v) is 10.9. The number of aromatic nitrogens is 2.